The molecule has 11 nitrogen and oxygen atoms in total. The average molecular weight is 635 g/mol. The van der Waals surface area contributed by atoms with Crippen molar-refractivity contribution in [3.05, 3.63) is 119 Å². The molecule has 0 heterocycles. The number of isocyanates is 2. The van der Waals surface area contributed by atoms with Crippen LogP contribution in [-0.4, -0.2) is 49.8 Å². The molecule has 11 heteroatoms. The summed E-state index contributed by atoms with van der Waals surface area (Å²) in [6.45, 7) is 3.64. The fourth-order valence-corrected chi connectivity index (χ4v) is 4.49. The number of anilines is 2. The Morgan fingerprint density at radius 2 is 0.894 bits per heavy atom. The summed E-state index contributed by atoms with van der Waals surface area (Å²) in [5.74, 6) is 0. The summed E-state index contributed by atoms with van der Waals surface area (Å²) < 4.78 is 16.3. The van der Waals surface area contributed by atoms with E-state index in [-0.39, 0.29) is 13.2 Å². The lowest BCUT2D eigenvalue weighted by Gasteiger charge is -2.17. The molecule has 47 heavy (non-hydrogen) atoms. The number of hydrogen-bond acceptors (Lipinski definition) is 9. The van der Waals surface area contributed by atoms with Gasteiger partial charge in [0.25, 0.3) is 0 Å². The normalized spacial score (nSPS) is 11.6. The quantitative estimate of drug-likeness (QED) is 0.109. The zero-order valence-corrected chi connectivity index (χ0v) is 26.0. The van der Waals surface area contributed by atoms with Gasteiger partial charge in [-0.05, 0) is 97.5 Å². The number of ether oxygens (including phenoxy) is 3. The van der Waals surface area contributed by atoms with Gasteiger partial charge in [0.2, 0.25) is 12.2 Å². The lowest BCUT2D eigenvalue weighted by molar-refractivity contribution is -0.00472. The number of carbonyl (C=O) groups excluding carboxylic acids is 4. The van der Waals surface area contributed by atoms with Crippen molar-refractivity contribution in [2.24, 2.45) is 9.98 Å². The SMILES string of the molecule is CC(COCC(C)OC(=O)Nc1ccc(Cc2ccc(N=C=O)cc2)cc1)OC(=O)Nc1ccc(Cc2ccc(N=C=O)cc2)cc1. The number of nitrogens with one attached hydrogen (secondary N) is 2. The van der Waals surface area contributed by atoms with Crippen molar-refractivity contribution in [2.45, 2.75) is 38.9 Å². The van der Waals surface area contributed by atoms with E-state index >= 15 is 0 Å². The highest BCUT2D eigenvalue weighted by Gasteiger charge is 2.14. The van der Waals surface area contributed by atoms with Crippen LogP contribution in [0, 0.1) is 0 Å². The molecule has 4 rings (SSSR count). The van der Waals surface area contributed by atoms with Gasteiger partial charge in [0.05, 0.1) is 24.6 Å². The third-order valence-electron chi connectivity index (χ3n) is 6.76. The van der Waals surface area contributed by atoms with E-state index in [1.807, 2.05) is 48.5 Å². The van der Waals surface area contributed by atoms with Crippen LogP contribution in [0.25, 0.3) is 0 Å². The molecule has 0 aliphatic heterocycles. The molecule has 4 aromatic carbocycles. The van der Waals surface area contributed by atoms with Gasteiger partial charge in [-0.3, -0.25) is 10.6 Å². The van der Waals surface area contributed by atoms with E-state index in [0.717, 1.165) is 22.3 Å². The van der Waals surface area contributed by atoms with Gasteiger partial charge in [-0.2, -0.15) is 9.98 Å². The summed E-state index contributed by atoms with van der Waals surface area (Å²) in [4.78, 5) is 52.6. The molecule has 4 aromatic rings. The number of rotatable bonds is 14. The molecule has 0 saturated carbocycles. The fourth-order valence-electron chi connectivity index (χ4n) is 4.49. The zero-order valence-electron chi connectivity index (χ0n) is 26.0. The molecular weight excluding hydrogens is 600 g/mol. The Morgan fingerprint density at radius 1 is 0.574 bits per heavy atom. The Hall–Kier alpha value is -5.86. The number of carbonyl (C=O) groups is 2. The summed E-state index contributed by atoms with van der Waals surface area (Å²) in [5.41, 5.74) is 6.47. The Labute approximate surface area is 272 Å². The van der Waals surface area contributed by atoms with Crippen LogP contribution in [-0.2, 0) is 36.6 Å². The van der Waals surface area contributed by atoms with Crippen molar-refractivity contribution < 1.29 is 33.4 Å². The first-order valence-corrected chi connectivity index (χ1v) is 14.8. The van der Waals surface area contributed by atoms with Gasteiger partial charge in [-0.25, -0.2) is 19.2 Å². The van der Waals surface area contributed by atoms with Gasteiger partial charge in [0.1, 0.15) is 12.2 Å². The van der Waals surface area contributed by atoms with E-state index in [4.69, 9.17) is 14.2 Å². The number of amides is 2. The second-order valence-corrected chi connectivity index (χ2v) is 10.7. The first-order chi connectivity index (χ1) is 22.8. The smallest absolute Gasteiger partial charge is 0.411 e. The molecule has 2 unspecified atom stereocenters. The van der Waals surface area contributed by atoms with Gasteiger partial charge >= 0.3 is 12.2 Å². The van der Waals surface area contributed by atoms with Gasteiger partial charge in [0.15, 0.2) is 0 Å². The molecule has 2 atom stereocenters. The van der Waals surface area contributed by atoms with Crippen molar-refractivity contribution in [3.63, 3.8) is 0 Å². The van der Waals surface area contributed by atoms with Crippen molar-refractivity contribution in [1.82, 2.24) is 0 Å². The fraction of sp³-hybridized carbons (Fsp3) is 0.222. The van der Waals surface area contributed by atoms with Crippen molar-refractivity contribution in [1.29, 1.82) is 0 Å². The molecule has 240 valence electrons. The van der Waals surface area contributed by atoms with E-state index in [0.29, 0.717) is 35.6 Å². The summed E-state index contributed by atoms with van der Waals surface area (Å²) in [6.07, 6.45) is 2.10. The predicted molar refractivity (Wildman–Crippen MR) is 177 cm³/mol. The molecule has 0 radical (unpaired) electrons. The maximum Gasteiger partial charge on any atom is 0.411 e. The van der Waals surface area contributed by atoms with Crippen LogP contribution in [0.5, 0.6) is 0 Å². The van der Waals surface area contributed by atoms with Crippen molar-refractivity contribution in [3.8, 4) is 0 Å². The van der Waals surface area contributed by atoms with E-state index in [2.05, 4.69) is 20.6 Å². The topological polar surface area (TPSA) is 145 Å². The van der Waals surface area contributed by atoms with E-state index in [1.165, 1.54) is 12.2 Å². The number of hydrogen-bond donors (Lipinski definition) is 2. The summed E-state index contributed by atoms with van der Waals surface area (Å²) in [5, 5.41) is 5.39. The van der Waals surface area contributed by atoms with Crippen molar-refractivity contribution in [2.75, 3.05) is 23.8 Å². The average Bonchev–Trinajstić information content (AvgIpc) is 3.05. The molecule has 0 spiro atoms. The van der Waals surface area contributed by atoms with Gasteiger partial charge < -0.3 is 14.2 Å². The summed E-state index contributed by atoms with van der Waals surface area (Å²) >= 11 is 0. The van der Waals surface area contributed by atoms with Crippen LogP contribution >= 0.6 is 0 Å². The second kappa shape index (κ2) is 17.6. The molecule has 0 fully saturated rings. The largest absolute Gasteiger partial charge is 0.444 e. The highest BCUT2D eigenvalue weighted by molar-refractivity contribution is 5.85. The molecule has 0 aliphatic rings. The first-order valence-electron chi connectivity index (χ1n) is 14.8. The maximum atomic E-state index is 12.3. The minimum absolute atomic E-state index is 0.118. The Morgan fingerprint density at radius 3 is 1.21 bits per heavy atom. The van der Waals surface area contributed by atoms with Crippen LogP contribution in [0.2, 0.25) is 0 Å². The molecular formula is C36H34N4O7. The zero-order chi connectivity index (χ0) is 33.4. The third kappa shape index (κ3) is 11.9. The van der Waals surface area contributed by atoms with Crippen LogP contribution in [0.15, 0.2) is 107 Å². The molecule has 2 amide bonds. The third-order valence-corrected chi connectivity index (χ3v) is 6.76. The van der Waals surface area contributed by atoms with Crippen LogP contribution in [0.4, 0.5) is 32.3 Å². The predicted octanol–water partition coefficient (Wildman–Crippen LogP) is 7.39. The molecule has 0 bridgehead atoms. The number of benzene rings is 4. The Balaban J connectivity index is 1.11. The van der Waals surface area contributed by atoms with Gasteiger partial charge in [-0.15, -0.1) is 0 Å². The molecule has 2 N–H and O–H groups in total. The highest BCUT2D eigenvalue weighted by atomic mass is 16.6. The van der Waals surface area contributed by atoms with Crippen LogP contribution < -0.4 is 10.6 Å². The lowest BCUT2D eigenvalue weighted by Crippen LogP contribution is -2.28. The number of aliphatic imine (C=N–C) groups is 2. The monoisotopic (exact) mass is 634 g/mol. The standard InChI is InChI=1S/C36H34N4O7/c1-25(46-35(43)39-33-15-7-29(8-16-33)19-27-3-11-31(12-4-27)37-23-41)21-45-22-26(2)47-36(44)40-34-17-9-30(10-18-34)20-28-5-13-32(14-6-28)38-24-42/h3-18,25-26H,19-22H2,1-2H3,(H,39,43)(H,40,44). The minimum atomic E-state index is -0.614. The minimum Gasteiger partial charge on any atom is -0.444 e. The highest BCUT2D eigenvalue weighted by Crippen LogP contribution is 2.19. The van der Waals surface area contributed by atoms with Gasteiger partial charge in [0, 0.05) is 11.4 Å². The van der Waals surface area contributed by atoms with E-state index in [9.17, 15) is 19.2 Å². The van der Waals surface area contributed by atoms with E-state index in [1.54, 1.807) is 62.4 Å². The van der Waals surface area contributed by atoms with Crippen LogP contribution in [0.1, 0.15) is 36.1 Å². The first kappa shape index (κ1) is 34.0. The molecule has 0 saturated heterocycles. The van der Waals surface area contributed by atoms with Gasteiger partial charge in [-0.1, -0.05) is 48.5 Å². The Bertz CT molecular complexity index is 1580. The molecule has 0 aromatic heterocycles. The second-order valence-electron chi connectivity index (χ2n) is 10.7. The Kier molecular flexibility index (Phi) is 12.7. The maximum absolute atomic E-state index is 12.3. The number of nitrogens with zero attached hydrogens (tertiary/aromatic N) is 2. The van der Waals surface area contributed by atoms with Crippen molar-refractivity contribution >= 4 is 47.1 Å². The molecule has 0 aliphatic carbocycles. The summed E-state index contributed by atoms with van der Waals surface area (Å²) in [7, 11) is 0. The summed E-state index contributed by atoms with van der Waals surface area (Å²) in [6, 6.07) is 29.4. The van der Waals surface area contributed by atoms with E-state index < -0.39 is 24.4 Å². The lowest BCUT2D eigenvalue weighted by atomic mass is 10.0. The van der Waals surface area contributed by atoms with Crippen LogP contribution in [0.3, 0.4) is 0 Å².